The number of carbonyl (C=O) groups excluding carboxylic acids is 1. The minimum atomic E-state index is -0.965. The van der Waals surface area contributed by atoms with Crippen molar-refractivity contribution < 1.29 is 19.0 Å². The van der Waals surface area contributed by atoms with E-state index in [0.717, 1.165) is 43.1 Å². The number of nitriles is 2. The third-order valence-corrected chi connectivity index (χ3v) is 5.78. The number of hydrogen-bond acceptors (Lipinski definition) is 7. The van der Waals surface area contributed by atoms with Gasteiger partial charge >= 0.3 is 0 Å². The number of amides is 1. The lowest BCUT2D eigenvalue weighted by Crippen LogP contribution is -2.58. The molecule has 2 saturated heterocycles. The van der Waals surface area contributed by atoms with Crippen LogP contribution in [0.4, 0.5) is 0 Å². The average Bonchev–Trinajstić information content (AvgIpc) is 2.90. The summed E-state index contributed by atoms with van der Waals surface area (Å²) in [6, 6.07) is 18.8. The molecule has 2 aromatic rings. The molecule has 0 aliphatic carbocycles. The highest BCUT2D eigenvalue weighted by atomic mass is 16.6. The van der Waals surface area contributed by atoms with Gasteiger partial charge in [0.2, 0.25) is 5.91 Å². The highest BCUT2D eigenvalue weighted by Gasteiger charge is 2.36. The van der Waals surface area contributed by atoms with E-state index < -0.39 is 11.6 Å². The van der Waals surface area contributed by atoms with Crippen LogP contribution in [-0.4, -0.2) is 57.1 Å². The maximum absolute atomic E-state index is 12.5. The molecule has 1 amide bonds. The molecule has 0 spiro atoms. The maximum Gasteiger partial charge on any atom is 0.241 e. The zero-order valence-corrected chi connectivity index (χ0v) is 19.2. The van der Waals surface area contributed by atoms with Crippen LogP contribution in [0.1, 0.15) is 24.0 Å². The smallest absolute Gasteiger partial charge is 0.241 e. The van der Waals surface area contributed by atoms with Crippen molar-refractivity contribution in [3.8, 4) is 23.3 Å². The van der Waals surface area contributed by atoms with Crippen LogP contribution >= 0.6 is 0 Å². The Kier molecular flexibility index (Phi) is 9.57. The maximum atomic E-state index is 12.5. The molecule has 0 aromatic heterocycles. The van der Waals surface area contributed by atoms with E-state index in [4.69, 9.17) is 25.2 Å². The van der Waals surface area contributed by atoms with Gasteiger partial charge in [-0.3, -0.25) is 4.79 Å². The molecule has 2 aliphatic heterocycles. The zero-order chi connectivity index (χ0) is 24.2. The number of benzene rings is 2. The monoisotopic (exact) mass is 462 g/mol. The van der Waals surface area contributed by atoms with Gasteiger partial charge in [0.1, 0.15) is 6.04 Å². The normalized spacial score (nSPS) is 17.7. The lowest BCUT2D eigenvalue weighted by atomic mass is 9.90. The molecule has 2 aliphatic rings. The lowest BCUT2D eigenvalue weighted by Gasteiger charge is -2.32. The number of nitrogens with one attached hydrogen (secondary N) is 1. The Morgan fingerprint density at radius 2 is 1.38 bits per heavy atom. The first kappa shape index (κ1) is 25.4. The fourth-order valence-electron chi connectivity index (χ4n) is 3.64. The second kappa shape index (κ2) is 12.8. The average molecular weight is 463 g/mol. The molecule has 8 heteroatoms. The van der Waals surface area contributed by atoms with Gasteiger partial charge in [-0.05, 0) is 41.7 Å². The first-order valence-corrected chi connectivity index (χ1v) is 11.4. The fourth-order valence-corrected chi connectivity index (χ4v) is 3.64. The SMILES string of the molecule is C1COCCO1.N#Cc1ccc(-c2ccc(C[C@@H](C#N)NC(=O)C3(N)CCOCC3)cc2)cc1. The summed E-state index contributed by atoms with van der Waals surface area (Å²) in [4.78, 5) is 12.5. The van der Waals surface area contributed by atoms with Gasteiger partial charge < -0.3 is 25.3 Å². The van der Waals surface area contributed by atoms with Crippen molar-refractivity contribution in [2.75, 3.05) is 39.6 Å². The molecule has 8 nitrogen and oxygen atoms in total. The van der Waals surface area contributed by atoms with Gasteiger partial charge in [-0.1, -0.05) is 36.4 Å². The molecule has 1 atom stereocenters. The first-order chi connectivity index (χ1) is 16.5. The standard InChI is InChI=1S/C22H22N4O2.C4H8O2/c23-14-17-3-7-19(8-4-17)18-5-1-16(2-6-18)13-20(15-24)26-21(27)22(25)9-11-28-12-10-22;1-2-6-4-3-5-1/h1-8,20H,9-13,25H2,(H,26,27);1-4H2/t20-;/m0./s1. The van der Waals surface area contributed by atoms with Gasteiger partial charge in [0.15, 0.2) is 0 Å². The van der Waals surface area contributed by atoms with Crippen LogP contribution in [0.5, 0.6) is 0 Å². The summed E-state index contributed by atoms with van der Waals surface area (Å²) in [7, 11) is 0. The van der Waals surface area contributed by atoms with Gasteiger partial charge in [-0.25, -0.2) is 0 Å². The van der Waals surface area contributed by atoms with Gasteiger partial charge in [-0.2, -0.15) is 10.5 Å². The Morgan fingerprint density at radius 1 is 0.882 bits per heavy atom. The van der Waals surface area contributed by atoms with E-state index >= 15 is 0 Å². The molecule has 0 unspecified atom stereocenters. The summed E-state index contributed by atoms with van der Waals surface area (Å²) < 4.78 is 15.2. The van der Waals surface area contributed by atoms with Crippen molar-refractivity contribution in [1.29, 1.82) is 10.5 Å². The number of carbonyl (C=O) groups is 1. The minimum Gasteiger partial charge on any atom is -0.381 e. The number of hydrogen-bond donors (Lipinski definition) is 2. The fraction of sp³-hybridized carbons (Fsp3) is 0.423. The Hall–Kier alpha value is -3.27. The number of rotatable bonds is 5. The molecule has 178 valence electrons. The quantitative estimate of drug-likeness (QED) is 0.697. The van der Waals surface area contributed by atoms with Crippen molar-refractivity contribution in [3.63, 3.8) is 0 Å². The van der Waals surface area contributed by atoms with Gasteiger partial charge in [0.05, 0.1) is 49.7 Å². The van der Waals surface area contributed by atoms with E-state index in [1.165, 1.54) is 0 Å². The number of nitrogens with zero attached hydrogens (tertiary/aromatic N) is 2. The van der Waals surface area contributed by atoms with E-state index in [1.54, 1.807) is 12.1 Å². The van der Waals surface area contributed by atoms with Crippen molar-refractivity contribution in [2.45, 2.75) is 30.8 Å². The summed E-state index contributed by atoms with van der Waals surface area (Å²) in [5.74, 6) is -0.295. The predicted octanol–water partition coefficient (Wildman–Crippen LogP) is 2.32. The third-order valence-electron chi connectivity index (χ3n) is 5.78. The first-order valence-electron chi connectivity index (χ1n) is 11.4. The van der Waals surface area contributed by atoms with Crippen molar-refractivity contribution in [1.82, 2.24) is 5.32 Å². The second-order valence-electron chi connectivity index (χ2n) is 8.24. The molecule has 0 saturated carbocycles. The molecular formula is C26H30N4O4. The molecule has 34 heavy (non-hydrogen) atoms. The molecular weight excluding hydrogens is 432 g/mol. The van der Waals surface area contributed by atoms with E-state index in [9.17, 15) is 10.1 Å². The molecule has 4 rings (SSSR count). The summed E-state index contributed by atoms with van der Waals surface area (Å²) in [5, 5.41) is 21.1. The Morgan fingerprint density at radius 3 is 1.85 bits per heavy atom. The van der Waals surface area contributed by atoms with Gasteiger partial charge in [0.25, 0.3) is 0 Å². The zero-order valence-electron chi connectivity index (χ0n) is 19.2. The molecule has 0 radical (unpaired) electrons. The third kappa shape index (κ3) is 7.38. The Labute approximate surface area is 200 Å². The van der Waals surface area contributed by atoms with E-state index in [1.807, 2.05) is 36.4 Å². The van der Waals surface area contributed by atoms with Crippen LogP contribution in [0.2, 0.25) is 0 Å². The lowest BCUT2D eigenvalue weighted by molar-refractivity contribution is -0.130. The minimum absolute atomic E-state index is 0.295. The molecule has 2 aromatic carbocycles. The Balaban J connectivity index is 0.000000469. The van der Waals surface area contributed by atoms with E-state index in [-0.39, 0.29) is 5.91 Å². The van der Waals surface area contributed by atoms with Crippen molar-refractivity contribution in [2.24, 2.45) is 5.73 Å². The van der Waals surface area contributed by atoms with Gasteiger partial charge in [-0.15, -0.1) is 0 Å². The van der Waals surface area contributed by atoms with E-state index in [0.29, 0.717) is 38.0 Å². The van der Waals surface area contributed by atoms with Crippen molar-refractivity contribution in [3.05, 3.63) is 59.7 Å². The van der Waals surface area contributed by atoms with Crippen LogP contribution in [0.15, 0.2) is 48.5 Å². The largest absolute Gasteiger partial charge is 0.381 e. The number of nitrogens with two attached hydrogens (primary N) is 1. The highest BCUT2D eigenvalue weighted by Crippen LogP contribution is 2.21. The Bertz CT molecular complexity index is 988. The molecule has 2 fully saturated rings. The van der Waals surface area contributed by atoms with Crippen LogP contribution in [0, 0.1) is 22.7 Å². The molecule has 3 N–H and O–H groups in total. The summed E-state index contributed by atoms with van der Waals surface area (Å²) in [5.41, 5.74) is 8.82. The molecule has 0 bridgehead atoms. The number of ether oxygens (including phenoxy) is 3. The topological polar surface area (TPSA) is 130 Å². The van der Waals surface area contributed by atoms with Crippen molar-refractivity contribution >= 4 is 5.91 Å². The second-order valence-corrected chi connectivity index (χ2v) is 8.24. The van der Waals surface area contributed by atoms with E-state index in [2.05, 4.69) is 17.5 Å². The van der Waals surface area contributed by atoms with Gasteiger partial charge in [0, 0.05) is 19.6 Å². The summed E-state index contributed by atoms with van der Waals surface area (Å²) in [6.45, 7) is 4.02. The summed E-state index contributed by atoms with van der Waals surface area (Å²) in [6.07, 6.45) is 1.31. The van der Waals surface area contributed by atoms with Crippen LogP contribution in [0.3, 0.4) is 0 Å². The highest BCUT2D eigenvalue weighted by molar-refractivity contribution is 5.86. The van der Waals surface area contributed by atoms with Crippen LogP contribution in [0.25, 0.3) is 11.1 Å². The summed E-state index contributed by atoms with van der Waals surface area (Å²) >= 11 is 0. The predicted molar refractivity (Wildman–Crippen MR) is 126 cm³/mol. The van der Waals surface area contributed by atoms with Crippen LogP contribution in [-0.2, 0) is 25.4 Å². The van der Waals surface area contributed by atoms with Crippen LogP contribution < -0.4 is 11.1 Å². The molecule has 2 heterocycles.